The van der Waals surface area contributed by atoms with Crippen LogP contribution < -0.4 is 10.6 Å². The fraction of sp³-hybridized carbons (Fsp3) is 0.500. The van der Waals surface area contributed by atoms with Gasteiger partial charge in [-0.05, 0) is 18.5 Å². The van der Waals surface area contributed by atoms with Gasteiger partial charge in [0.05, 0.1) is 12.5 Å². The first kappa shape index (κ1) is 18.7. The Kier molecular flexibility index (Phi) is 6.22. The number of amides is 1. The molecular weight excluding hydrogens is 321 g/mol. The summed E-state index contributed by atoms with van der Waals surface area (Å²) in [6.45, 7) is 0.220. The number of carbonyl (C=O) groups is 1. The molecule has 1 fully saturated rings. The number of nitrogens with one attached hydrogen (secondary N) is 2. The van der Waals surface area contributed by atoms with E-state index in [2.05, 4.69) is 10.6 Å². The number of alkyl halides is 3. The van der Waals surface area contributed by atoms with Crippen LogP contribution in [0.2, 0.25) is 0 Å². The second-order valence-electron chi connectivity index (χ2n) is 5.13. The Labute approximate surface area is 132 Å². The summed E-state index contributed by atoms with van der Waals surface area (Å²) >= 11 is 0. The van der Waals surface area contributed by atoms with Gasteiger partial charge in [-0.25, -0.2) is 0 Å². The van der Waals surface area contributed by atoms with Crippen molar-refractivity contribution in [2.24, 2.45) is 5.92 Å². The van der Waals surface area contributed by atoms with Crippen molar-refractivity contribution in [3.63, 3.8) is 0 Å². The summed E-state index contributed by atoms with van der Waals surface area (Å²) in [5, 5.41) is 15.2. The van der Waals surface area contributed by atoms with Crippen molar-refractivity contribution < 1.29 is 23.1 Å². The highest BCUT2D eigenvalue weighted by molar-refractivity contribution is 5.85. The Hall–Kier alpha value is -1.31. The fourth-order valence-corrected chi connectivity index (χ4v) is 2.32. The molecule has 0 radical (unpaired) electrons. The van der Waals surface area contributed by atoms with Crippen LogP contribution in [0.5, 0.6) is 0 Å². The minimum atomic E-state index is -4.88. The molecule has 2 unspecified atom stereocenters. The largest absolute Gasteiger partial charge is 0.423 e. The standard InChI is InChI=1S/C14H17F3N2O2.ClH/c15-14(16,17)13(21,11-4-2-1-3-5-11)9-19-12(20)10-6-7-18-8-10;/h1-5,10,18,21H,6-9H2,(H,19,20);1H. The molecule has 2 atom stereocenters. The van der Waals surface area contributed by atoms with E-state index in [1.54, 1.807) is 6.07 Å². The van der Waals surface area contributed by atoms with E-state index in [1.807, 2.05) is 0 Å². The van der Waals surface area contributed by atoms with Gasteiger partial charge >= 0.3 is 6.18 Å². The minimum Gasteiger partial charge on any atom is -0.375 e. The molecule has 1 amide bonds. The average Bonchev–Trinajstić information content (AvgIpc) is 2.98. The van der Waals surface area contributed by atoms with Crippen LogP contribution in [-0.4, -0.2) is 36.8 Å². The molecule has 3 N–H and O–H groups in total. The highest BCUT2D eigenvalue weighted by Crippen LogP contribution is 2.38. The maximum atomic E-state index is 13.2. The summed E-state index contributed by atoms with van der Waals surface area (Å²) < 4.78 is 39.6. The van der Waals surface area contributed by atoms with Crippen LogP contribution in [0.1, 0.15) is 12.0 Å². The van der Waals surface area contributed by atoms with Crippen molar-refractivity contribution in [1.29, 1.82) is 0 Å². The first-order valence-electron chi connectivity index (χ1n) is 6.67. The molecule has 2 rings (SSSR count). The maximum Gasteiger partial charge on any atom is 0.423 e. The van der Waals surface area contributed by atoms with Crippen molar-refractivity contribution in [2.75, 3.05) is 19.6 Å². The Morgan fingerprint density at radius 3 is 2.45 bits per heavy atom. The van der Waals surface area contributed by atoms with Crippen molar-refractivity contribution in [3.8, 4) is 0 Å². The zero-order valence-corrected chi connectivity index (χ0v) is 12.5. The van der Waals surface area contributed by atoms with E-state index in [0.29, 0.717) is 19.5 Å². The van der Waals surface area contributed by atoms with E-state index in [9.17, 15) is 23.1 Å². The molecule has 0 bridgehead atoms. The van der Waals surface area contributed by atoms with Gasteiger partial charge in [0.2, 0.25) is 11.5 Å². The van der Waals surface area contributed by atoms with Crippen LogP contribution in [0, 0.1) is 5.92 Å². The third-order valence-electron chi connectivity index (χ3n) is 3.67. The summed E-state index contributed by atoms with van der Waals surface area (Å²) in [5.41, 5.74) is -3.38. The van der Waals surface area contributed by atoms with Gasteiger partial charge in [-0.1, -0.05) is 30.3 Å². The molecule has 1 aromatic carbocycles. The molecule has 1 aromatic rings. The lowest BCUT2D eigenvalue weighted by Gasteiger charge is -2.31. The number of aliphatic hydroxyl groups is 1. The lowest BCUT2D eigenvalue weighted by molar-refractivity contribution is -0.264. The summed E-state index contributed by atoms with van der Waals surface area (Å²) in [4.78, 5) is 11.8. The SMILES string of the molecule is Cl.O=C(NCC(O)(c1ccccc1)C(F)(F)F)C1CCNC1. The number of hydrogen-bond donors (Lipinski definition) is 3. The second-order valence-corrected chi connectivity index (χ2v) is 5.13. The molecule has 1 saturated heterocycles. The smallest absolute Gasteiger partial charge is 0.375 e. The predicted octanol–water partition coefficient (Wildman–Crippen LogP) is 1.58. The van der Waals surface area contributed by atoms with E-state index in [4.69, 9.17) is 0 Å². The lowest BCUT2D eigenvalue weighted by Crippen LogP contribution is -2.52. The zero-order valence-electron chi connectivity index (χ0n) is 11.7. The second kappa shape index (κ2) is 7.30. The Morgan fingerprint density at radius 2 is 1.95 bits per heavy atom. The number of benzene rings is 1. The first-order valence-corrected chi connectivity index (χ1v) is 6.67. The average molecular weight is 339 g/mol. The molecule has 124 valence electrons. The van der Waals surface area contributed by atoms with Gasteiger partial charge in [0.15, 0.2) is 0 Å². The van der Waals surface area contributed by atoms with Gasteiger partial charge in [0.1, 0.15) is 0 Å². The molecule has 4 nitrogen and oxygen atoms in total. The summed E-state index contributed by atoms with van der Waals surface area (Å²) in [5.74, 6) is -0.822. The van der Waals surface area contributed by atoms with Crippen molar-refractivity contribution in [3.05, 3.63) is 35.9 Å². The van der Waals surface area contributed by atoms with E-state index < -0.39 is 24.2 Å². The topological polar surface area (TPSA) is 61.4 Å². The Morgan fingerprint density at radius 1 is 1.32 bits per heavy atom. The molecule has 0 saturated carbocycles. The van der Waals surface area contributed by atoms with Crippen LogP contribution in [0.15, 0.2) is 30.3 Å². The van der Waals surface area contributed by atoms with Gasteiger partial charge in [0.25, 0.3) is 0 Å². The van der Waals surface area contributed by atoms with Crippen LogP contribution in [0.25, 0.3) is 0 Å². The van der Waals surface area contributed by atoms with Crippen molar-refractivity contribution in [1.82, 2.24) is 10.6 Å². The minimum absolute atomic E-state index is 0. The number of halogens is 4. The van der Waals surface area contributed by atoms with E-state index in [0.717, 1.165) is 0 Å². The molecule has 22 heavy (non-hydrogen) atoms. The molecular formula is C14H18ClF3N2O2. The van der Waals surface area contributed by atoms with Crippen LogP contribution in [0.4, 0.5) is 13.2 Å². The van der Waals surface area contributed by atoms with Crippen LogP contribution in [-0.2, 0) is 10.4 Å². The third-order valence-corrected chi connectivity index (χ3v) is 3.67. The first-order chi connectivity index (χ1) is 9.84. The molecule has 1 aliphatic heterocycles. The van der Waals surface area contributed by atoms with Gasteiger partial charge in [-0.2, -0.15) is 13.2 Å². The Balaban J connectivity index is 0.00000242. The van der Waals surface area contributed by atoms with Gasteiger partial charge in [-0.15, -0.1) is 12.4 Å². The normalized spacial score (nSPS) is 20.8. The van der Waals surface area contributed by atoms with Gasteiger partial charge in [-0.3, -0.25) is 4.79 Å². The number of carbonyl (C=O) groups excluding carboxylic acids is 1. The molecule has 1 aliphatic rings. The fourth-order valence-electron chi connectivity index (χ4n) is 2.32. The lowest BCUT2D eigenvalue weighted by atomic mass is 9.92. The molecule has 0 aliphatic carbocycles. The van der Waals surface area contributed by atoms with Crippen LogP contribution in [0.3, 0.4) is 0 Å². The van der Waals surface area contributed by atoms with E-state index in [-0.39, 0.29) is 23.9 Å². The number of rotatable bonds is 4. The highest BCUT2D eigenvalue weighted by atomic mass is 35.5. The van der Waals surface area contributed by atoms with Gasteiger partial charge < -0.3 is 15.7 Å². The number of hydrogen-bond acceptors (Lipinski definition) is 3. The van der Waals surface area contributed by atoms with E-state index in [1.165, 1.54) is 24.3 Å². The molecule has 8 heteroatoms. The van der Waals surface area contributed by atoms with Gasteiger partial charge in [0, 0.05) is 6.54 Å². The summed E-state index contributed by atoms with van der Waals surface area (Å²) in [6.07, 6.45) is -4.29. The maximum absolute atomic E-state index is 13.2. The van der Waals surface area contributed by atoms with E-state index >= 15 is 0 Å². The third kappa shape index (κ3) is 3.91. The Bertz CT molecular complexity index is 493. The van der Waals surface area contributed by atoms with Crippen molar-refractivity contribution in [2.45, 2.75) is 18.2 Å². The monoisotopic (exact) mass is 338 g/mol. The highest BCUT2D eigenvalue weighted by Gasteiger charge is 2.55. The quantitative estimate of drug-likeness (QED) is 0.781. The molecule has 0 spiro atoms. The van der Waals surface area contributed by atoms with Crippen LogP contribution >= 0.6 is 12.4 Å². The molecule has 1 heterocycles. The predicted molar refractivity (Wildman–Crippen MR) is 77.6 cm³/mol. The van der Waals surface area contributed by atoms with Crippen molar-refractivity contribution >= 4 is 18.3 Å². The molecule has 0 aromatic heterocycles. The summed E-state index contributed by atoms with van der Waals surface area (Å²) in [7, 11) is 0. The zero-order chi connectivity index (χ0) is 15.5. The summed E-state index contributed by atoms with van der Waals surface area (Å²) in [6, 6.07) is 6.76.